The molecule has 0 saturated carbocycles. The zero-order valence-electron chi connectivity index (χ0n) is 30.7. The van der Waals surface area contributed by atoms with E-state index in [2.05, 4.69) is 14.6 Å². The molecule has 56 heavy (non-hydrogen) atoms. The van der Waals surface area contributed by atoms with Crippen LogP contribution in [0.25, 0.3) is 6.08 Å². The molecule has 0 amide bonds. The molecule has 1 fully saturated rings. The number of aromatic nitrogens is 3. The molecule has 2 heterocycles. The number of methoxy groups -OCH3 is 1. The largest absolute Gasteiger partial charge is 1.00 e. The van der Waals surface area contributed by atoms with E-state index in [4.69, 9.17) is 24.2 Å². The first-order chi connectivity index (χ1) is 25.8. The van der Waals surface area contributed by atoms with Gasteiger partial charge < -0.3 is 37.8 Å². The van der Waals surface area contributed by atoms with Gasteiger partial charge in [0.2, 0.25) is 0 Å². The van der Waals surface area contributed by atoms with Crippen molar-refractivity contribution in [2.75, 3.05) is 20.3 Å². The number of rotatable bonds is 15. The Balaban J connectivity index is 0.00000420. The number of ether oxygens (including phenoxy) is 4. The van der Waals surface area contributed by atoms with Gasteiger partial charge in [0, 0.05) is 28.0 Å². The Hall–Kier alpha value is -2.79. The average Bonchev–Trinajstić information content (AvgIpc) is 3.65. The van der Waals surface area contributed by atoms with Crippen LogP contribution in [0.1, 0.15) is 39.5 Å². The molecule has 2 atom stereocenters. The van der Waals surface area contributed by atoms with Crippen LogP contribution in [-0.2, 0) is 42.1 Å². The third-order valence-electron chi connectivity index (χ3n) is 8.20. The van der Waals surface area contributed by atoms with E-state index in [0.29, 0.717) is 6.07 Å². The fraction of sp³-hybridized carbons (Fsp3) is 0.278. The normalized spacial score (nSPS) is 17.3. The van der Waals surface area contributed by atoms with Crippen molar-refractivity contribution in [2.24, 2.45) is 0 Å². The second-order valence-electron chi connectivity index (χ2n) is 11.7. The van der Waals surface area contributed by atoms with Crippen LogP contribution < -0.4 is 73.6 Å². The maximum atomic E-state index is 15.9. The second kappa shape index (κ2) is 21.8. The molecule has 284 valence electrons. The summed E-state index contributed by atoms with van der Waals surface area (Å²) in [5.74, 6) is -3.53. The van der Waals surface area contributed by atoms with Gasteiger partial charge in [-0.25, -0.2) is 27.6 Å². The average molecular weight is 831 g/mol. The minimum Gasteiger partial charge on any atom is -0.790 e. The fourth-order valence-electron chi connectivity index (χ4n) is 5.59. The molecular formula is C36H32F3N4Na2O9PS. The third-order valence-corrected chi connectivity index (χ3v) is 10.1. The van der Waals surface area contributed by atoms with Gasteiger partial charge in [0.25, 0.3) is 0 Å². The topological polar surface area (TPSA) is 181 Å². The van der Waals surface area contributed by atoms with E-state index < -0.39 is 60.2 Å². The molecule has 5 rings (SSSR count). The Bertz CT molecular complexity index is 2100. The monoisotopic (exact) mass is 830 g/mol. The molecule has 0 spiro atoms. The molecule has 4 aromatic rings. The molecule has 0 aliphatic carbocycles. The number of benzene rings is 3. The molecule has 0 N–H and O–H groups in total. The molecule has 1 saturated heterocycles. The van der Waals surface area contributed by atoms with Gasteiger partial charge in [-0.2, -0.15) is 10.4 Å². The van der Waals surface area contributed by atoms with E-state index in [1.807, 2.05) is 6.07 Å². The summed E-state index contributed by atoms with van der Waals surface area (Å²) >= 11 is 1.23. The number of carbonyl (C=O) groups is 1. The van der Waals surface area contributed by atoms with Crippen molar-refractivity contribution < 1.29 is 115 Å². The summed E-state index contributed by atoms with van der Waals surface area (Å²) < 4.78 is 84.7. The van der Waals surface area contributed by atoms with Crippen LogP contribution in [0.15, 0.2) is 85.5 Å². The van der Waals surface area contributed by atoms with Crippen molar-refractivity contribution in [1.82, 2.24) is 14.8 Å². The van der Waals surface area contributed by atoms with Gasteiger partial charge in [-0.15, -0.1) is 11.8 Å². The summed E-state index contributed by atoms with van der Waals surface area (Å²) in [7, 11) is -4.23. The maximum Gasteiger partial charge on any atom is 1.00 e. The zero-order valence-corrected chi connectivity index (χ0v) is 36.4. The van der Waals surface area contributed by atoms with Gasteiger partial charge in [0.15, 0.2) is 11.9 Å². The SMILES string of the molecule is COc1cccc(C(=O)O[C@@](Cn2cncn2)(c2ccc(F)cc2F)[C@@H](C)SC2COC(C=CC=Cc3ccc(C#N)cc3F)OC2)c1COP(=O)([O-])[O-].[Na+].[Na+]. The predicted molar refractivity (Wildman–Crippen MR) is 185 cm³/mol. The summed E-state index contributed by atoms with van der Waals surface area (Å²) in [5.41, 5.74) is -2.04. The van der Waals surface area contributed by atoms with Gasteiger partial charge in [0.1, 0.15) is 35.9 Å². The van der Waals surface area contributed by atoms with Crippen LogP contribution in [0, 0.1) is 28.8 Å². The first-order valence-corrected chi connectivity index (χ1v) is 18.5. The Morgan fingerprint density at radius 1 is 1.12 bits per heavy atom. The Labute approximate surface area is 369 Å². The standard InChI is InChI=1S/C36H34F3N4O9PS.2Na/c1-23(54-27-17-49-34(50-18-27)9-4-3-6-25-11-10-24(16-40)14-31(25)38)36(20-43-22-41-21-42-43,30-13-12-26(37)15-32(30)39)52-35(44)28-7-5-8-33(48-2)29(28)19-51-53(45,46)47;;/h3-15,21-23,27,34H,17-20H2,1-2H3,(H2,45,46,47);;/q;2*+1/p-2/t23-,27?,34?,36-;;/m1../s1. The summed E-state index contributed by atoms with van der Waals surface area (Å²) in [6.45, 7) is 0.765. The van der Waals surface area contributed by atoms with Gasteiger partial charge in [0.05, 0.1) is 63.7 Å². The Kier molecular flexibility index (Phi) is 18.5. The third kappa shape index (κ3) is 12.6. The van der Waals surface area contributed by atoms with Gasteiger partial charge in [-0.1, -0.05) is 30.4 Å². The van der Waals surface area contributed by atoms with Gasteiger partial charge in [-0.05, 0) is 49.4 Å². The zero-order chi connectivity index (χ0) is 38.9. The molecule has 20 heteroatoms. The van der Waals surface area contributed by atoms with E-state index >= 15 is 4.39 Å². The van der Waals surface area contributed by atoms with Gasteiger partial charge >= 0.3 is 65.1 Å². The fourth-order valence-corrected chi connectivity index (χ4v) is 7.23. The molecule has 0 radical (unpaired) electrons. The summed E-state index contributed by atoms with van der Waals surface area (Å²) in [4.78, 5) is 40.8. The summed E-state index contributed by atoms with van der Waals surface area (Å²) in [5, 5.41) is 11.8. The van der Waals surface area contributed by atoms with Crippen molar-refractivity contribution in [3.05, 3.63) is 131 Å². The first-order valence-electron chi connectivity index (χ1n) is 16.1. The number of nitriles is 1. The number of allylic oxidation sites excluding steroid dienone is 2. The van der Waals surface area contributed by atoms with Crippen LogP contribution in [0.3, 0.4) is 0 Å². The van der Waals surface area contributed by atoms with E-state index in [9.17, 15) is 27.9 Å². The number of thioether (sulfide) groups is 1. The number of phosphoric acid groups is 1. The van der Waals surface area contributed by atoms with Crippen molar-refractivity contribution in [3.8, 4) is 11.8 Å². The number of phosphoric ester groups is 1. The molecule has 1 aliphatic heterocycles. The first kappa shape index (κ1) is 47.6. The molecule has 1 aromatic heterocycles. The number of hydrogen-bond donors (Lipinski definition) is 0. The van der Waals surface area contributed by atoms with Crippen LogP contribution in [0.4, 0.5) is 13.2 Å². The Morgan fingerprint density at radius 3 is 2.50 bits per heavy atom. The minimum absolute atomic E-state index is 0. The second-order valence-corrected chi connectivity index (χ2v) is 14.5. The minimum atomic E-state index is -5.49. The number of hydrogen-bond acceptors (Lipinski definition) is 13. The molecular weight excluding hydrogens is 798 g/mol. The summed E-state index contributed by atoms with van der Waals surface area (Å²) in [6, 6.07) is 12.9. The molecule has 3 aromatic carbocycles. The van der Waals surface area contributed by atoms with Crippen molar-refractivity contribution >= 4 is 31.6 Å². The molecule has 0 bridgehead atoms. The predicted octanol–water partition coefficient (Wildman–Crippen LogP) is -1.19. The van der Waals surface area contributed by atoms with Crippen molar-refractivity contribution in [1.29, 1.82) is 5.26 Å². The van der Waals surface area contributed by atoms with E-state index in [0.717, 1.165) is 18.2 Å². The smallest absolute Gasteiger partial charge is 0.790 e. The van der Waals surface area contributed by atoms with E-state index in [-0.39, 0.29) is 112 Å². The van der Waals surface area contributed by atoms with E-state index in [1.165, 1.54) is 72.6 Å². The quantitative estimate of drug-likeness (QED) is 0.0605. The van der Waals surface area contributed by atoms with Gasteiger partial charge in [-0.3, -0.25) is 0 Å². The van der Waals surface area contributed by atoms with Crippen LogP contribution in [0.2, 0.25) is 0 Å². The number of esters is 1. The number of nitrogens with zero attached hydrogens (tertiary/aromatic N) is 4. The Morgan fingerprint density at radius 2 is 1.88 bits per heavy atom. The maximum absolute atomic E-state index is 15.9. The molecule has 1 aliphatic rings. The summed E-state index contributed by atoms with van der Waals surface area (Å²) in [6.07, 6.45) is 8.12. The van der Waals surface area contributed by atoms with Crippen LogP contribution in [0.5, 0.6) is 5.75 Å². The van der Waals surface area contributed by atoms with Crippen LogP contribution >= 0.6 is 19.6 Å². The number of halogens is 3. The molecule has 13 nitrogen and oxygen atoms in total. The van der Waals surface area contributed by atoms with E-state index in [1.54, 1.807) is 25.2 Å². The van der Waals surface area contributed by atoms with Crippen LogP contribution in [-0.4, -0.2) is 57.8 Å². The van der Waals surface area contributed by atoms with Crippen molar-refractivity contribution in [2.45, 2.75) is 42.5 Å². The van der Waals surface area contributed by atoms with Crippen molar-refractivity contribution in [3.63, 3.8) is 0 Å². The molecule has 0 unspecified atom stereocenters. The number of carbonyl (C=O) groups excluding carboxylic acids is 1.